The number of unbranched alkanes of at least 4 members (excludes halogenated alkanes) is 1. The van der Waals surface area contributed by atoms with Gasteiger partial charge < -0.3 is 4.74 Å². The molecule has 2 aromatic rings. The molecule has 0 radical (unpaired) electrons. The molecule has 0 atom stereocenters. The van der Waals surface area contributed by atoms with Crippen LogP contribution in [0.3, 0.4) is 0 Å². The Bertz CT molecular complexity index is 754. The standard InChI is InChI=1S/C19H25ClN4O2/c1-4-6-11-24-19(20)17(14(3)23-24)12-21-22-18(25)13-26-16-9-7-15(5-2)8-10-16/h7-10,12H,4-6,11,13H2,1-3H3,(H,22,25)/b21-12+. The zero-order chi connectivity index (χ0) is 18.9. The number of carbonyl (C=O) groups is 1. The maximum atomic E-state index is 11.8. The number of nitrogens with zero attached hydrogens (tertiary/aromatic N) is 3. The summed E-state index contributed by atoms with van der Waals surface area (Å²) in [7, 11) is 0. The van der Waals surface area contributed by atoms with Gasteiger partial charge in [-0.1, -0.05) is 44.0 Å². The Morgan fingerprint density at radius 1 is 1.35 bits per heavy atom. The van der Waals surface area contributed by atoms with Crippen molar-refractivity contribution in [2.24, 2.45) is 5.10 Å². The highest BCUT2D eigenvalue weighted by molar-refractivity contribution is 6.32. The van der Waals surface area contributed by atoms with Crippen molar-refractivity contribution in [3.8, 4) is 5.75 Å². The molecule has 0 unspecified atom stereocenters. The molecule has 0 aliphatic carbocycles. The summed E-state index contributed by atoms with van der Waals surface area (Å²) >= 11 is 6.32. The van der Waals surface area contributed by atoms with Gasteiger partial charge in [0.2, 0.25) is 0 Å². The van der Waals surface area contributed by atoms with E-state index in [1.165, 1.54) is 11.8 Å². The number of rotatable bonds is 9. The lowest BCUT2D eigenvalue weighted by molar-refractivity contribution is -0.123. The topological polar surface area (TPSA) is 68.5 Å². The third-order valence-electron chi connectivity index (χ3n) is 3.92. The monoisotopic (exact) mass is 376 g/mol. The van der Waals surface area contributed by atoms with E-state index in [0.717, 1.165) is 31.5 Å². The summed E-state index contributed by atoms with van der Waals surface area (Å²) in [6, 6.07) is 7.66. The number of hydrogen-bond donors (Lipinski definition) is 1. The van der Waals surface area contributed by atoms with Crippen LogP contribution in [-0.4, -0.2) is 28.5 Å². The zero-order valence-corrected chi connectivity index (χ0v) is 16.2. The molecule has 0 saturated heterocycles. The molecule has 1 amide bonds. The summed E-state index contributed by atoms with van der Waals surface area (Å²) in [6.45, 7) is 6.72. The highest BCUT2D eigenvalue weighted by Gasteiger charge is 2.11. The molecule has 0 aliphatic rings. The van der Waals surface area contributed by atoms with Crippen LogP contribution in [0, 0.1) is 6.92 Å². The summed E-state index contributed by atoms with van der Waals surface area (Å²) in [5, 5.41) is 8.87. The van der Waals surface area contributed by atoms with Crippen LogP contribution >= 0.6 is 11.6 Å². The molecule has 140 valence electrons. The normalized spacial score (nSPS) is 11.1. The minimum absolute atomic E-state index is 0.106. The molecular formula is C19H25ClN4O2. The Balaban J connectivity index is 1.85. The maximum absolute atomic E-state index is 11.8. The molecule has 0 aliphatic heterocycles. The average Bonchev–Trinajstić information content (AvgIpc) is 2.92. The van der Waals surface area contributed by atoms with Gasteiger partial charge in [0.1, 0.15) is 10.9 Å². The van der Waals surface area contributed by atoms with Crippen LogP contribution in [0.4, 0.5) is 0 Å². The van der Waals surface area contributed by atoms with Crippen molar-refractivity contribution in [2.45, 2.75) is 46.6 Å². The molecule has 0 saturated carbocycles. The van der Waals surface area contributed by atoms with Gasteiger partial charge in [-0.25, -0.2) is 5.43 Å². The molecule has 2 rings (SSSR count). The Morgan fingerprint density at radius 2 is 2.08 bits per heavy atom. The summed E-state index contributed by atoms with van der Waals surface area (Å²) < 4.78 is 7.19. The molecule has 26 heavy (non-hydrogen) atoms. The van der Waals surface area contributed by atoms with E-state index in [1.807, 2.05) is 31.2 Å². The van der Waals surface area contributed by atoms with Crippen molar-refractivity contribution in [3.05, 3.63) is 46.2 Å². The minimum atomic E-state index is -0.340. The van der Waals surface area contributed by atoms with E-state index in [1.54, 1.807) is 4.68 Å². The lowest BCUT2D eigenvalue weighted by atomic mass is 10.2. The Labute approximate surface area is 159 Å². The van der Waals surface area contributed by atoms with Crippen LogP contribution in [0.1, 0.15) is 43.5 Å². The van der Waals surface area contributed by atoms with Crippen molar-refractivity contribution >= 4 is 23.7 Å². The van der Waals surface area contributed by atoms with Gasteiger partial charge in [-0.2, -0.15) is 10.2 Å². The molecule has 0 spiro atoms. The molecule has 0 bridgehead atoms. The average molecular weight is 377 g/mol. The van der Waals surface area contributed by atoms with Crippen molar-refractivity contribution in [2.75, 3.05) is 6.61 Å². The number of carbonyl (C=O) groups excluding carboxylic acids is 1. The SMILES string of the molecule is CCCCn1nc(C)c(/C=N/NC(=O)COc2ccc(CC)cc2)c1Cl. The predicted molar refractivity (Wildman–Crippen MR) is 104 cm³/mol. The van der Waals surface area contributed by atoms with E-state index in [4.69, 9.17) is 16.3 Å². The zero-order valence-electron chi connectivity index (χ0n) is 15.5. The first-order valence-electron chi connectivity index (χ1n) is 8.81. The van der Waals surface area contributed by atoms with E-state index in [-0.39, 0.29) is 12.5 Å². The van der Waals surface area contributed by atoms with Gasteiger partial charge in [0, 0.05) is 6.54 Å². The van der Waals surface area contributed by atoms with Gasteiger partial charge >= 0.3 is 0 Å². The van der Waals surface area contributed by atoms with Crippen LogP contribution in [-0.2, 0) is 17.8 Å². The first-order chi connectivity index (χ1) is 12.5. The van der Waals surface area contributed by atoms with Gasteiger partial charge in [0.25, 0.3) is 5.91 Å². The molecular weight excluding hydrogens is 352 g/mol. The highest BCUT2D eigenvalue weighted by Crippen LogP contribution is 2.18. The fourth-order valence-electron chi connectivity index (χ4n) is 2.34. The molecule has 1 aromatic heterocycles. The third kappa shape index (κ3) is 5.59. The van der Waals surface area contributed by atoms with Crippen LogP contribution in [0.15, 0.2) is 29.4 Å². The lowest BCUT2D eigenvalue weighted by Crippen LogP contribution is -2.24. The number of aryl methyl sites for hydroxylation is 3. The first kappa shape index (κ1) is 20.0. The summed E-state index contributed by atoms with van der Waals surface area (Å²) in [4.78, 5) is 11.8. The fraction of sp³-hybridized carbons (Fsp3) is 0.421. The fourth-order valence-corrected chi connectivity index (χ4v) is 2.65. The number of aromatic nitrogens is 2. The second-order valence-electron chi connectivity index (χ2n) is 5.95. The number of amides is 1. The number of benzene rings is 1. The number of ether oxygens (including phenoxy) is 1. The second-order valence-corrected chi connectivity index (χ2v) is 6.30. The van der Waals surface area contributed by atoms with E-state index in [9.17, 15) is 4.79 Å². The molecule has 1 heterocycles. The Hall–Kier alpha value is -2.34. The summed E-state index contributed by atoms with van der Waals surface area (Å²) in [5.41, 5.74) is 5.14. The van der Waals surface area contributed by atoms with E-state index >= 15 is 0 Å². The highest BCUT2D eigenvalue weighted by atomic mass is 35.5. The molecule has 6 nitrogen and oxygen atoms in total. The summed E-state index contributed by atoms with van der Waals surface area (Å²) in [6.07, 6.45) is 4.55. The smallest absolute Gasteiger partial charge is 0.277 e. The van der Waals surface area contributed by atoms with Crippen LogP contribution in [0.5, 0.6) is 5.75 Å². The van der Waals surface area contributed by atoms with Gasteiger partial charge in [-0.3, -0.25) is 9.48 Å². The molecule has 1 aromatic carbocycles. The van der Waals surface area contributed by atoms with Crippen molar-refractivity contribution < 1.29 is 9.53 Å². The van der Waals surface area contributed by atoms with Crippen LogP contribution < -0.4 is 10.2 Å². The van der Waals surface area contributed by atoms with Gasteiger partial charge in [0.05, 0.1) is 17.5 Å². The molecule has 0 fully saturated rings. The van der Waals surface area contributed by atoms with E-state index < -0.39 is 0 Å². The van der Waals surface area contributed by atoms with Crippen LogP contribution in [0.2, 0.25) is 5.15 Å². The van der Waals surface area contributed by atoms with Crippen molar-refractivity contribution in [1.29, 1.82) is 0 Å². The van der Waals surface area contributed by atoms with Gasteiger partial charge in [-0.05, 0) is 37.5 Å². The number of nitrogens with one attached hydrogen (secondary N) is 1. The predicted octanol–water partition coefficient (Wildman–Crippen LogP) is 3.74. The quantitative estimate of drug-likeness (QED) is 0.535. The Morgan fingerprint density at radius 3 is 2.73 bits per heavy atom. The first-order valence-corrected chi connectivity index (χ1v) is 9.19. The second kappa shape index (κ2) is 9.97. The maximum Gasteiger partial charge on any atom is 0.277 e. The van der Waals surface area contributed by atoms with E-state index in [0.29, 0.717) is 16.5 Å². The largest absolute Gasteiger partial charge is 0.484 e. The lowest BCUT2D eigenvalue weighted by Gasteiger charge is -2.05. The van der Waals surface area contributed by atoms with Crippen molar-refractivity contribution in [3.63, 3.8) is 0 Å². The number of hydrogen-bond acceptors (Lipinski definition) is 4. The minimum Gasteiger partial charge on any atom is -0.484 e. The third-order valence-corrected chi connectivity index (χ3v) is 4.32. The molecule has 7 heteroatoms. The van der Waals surface area contributed by atoms with Crippen LogP contribution in [0.25, 0.3) is 0 Å². The van der Waals surface area contributed by atoms with E-state index in [2.05, 4.69) is 29.5 Å². The van der Waals surface area contributed by atoms with Crippen molar-refractivity contribution in [1.82, 2.24) is 15.2 Å². The number of halogens is 1. The number of hydrazone groups is 1. The van der Waals surface area contributed by atoms with Gasteiger partial charge in [-0.15, -0.1) is 0 Å². The Kier molecular flexibility index (Phi) is 7.66. The van der Waals surface area contributed by atoms with Gasteiger partial charge in [0.15, 0.2) is 6.61 Å². The summed E-state index contributed by atoms with van der Waals surface area (Å²) in [5.74, 6) is 0.311. The molecule has 1 N–H and O–H groups in total.